The van der Waals surface area contributed by atoms with Gasteiger partial charge in [0.15, 0.2) is 0 Å². The van der Waals surface area contributed by atoms with Gasteiger partial charge in [-0.15, -0.1) is 12.4 Å². The second-order valence-corrected chi connectivity index (χ2v) is 5.31. The maximum absolute atomic E-state index is 11.9. The Hall–Kier alpha value is -0.280. The number of rotatable bonds is 1. The topological polar surface area (TPSA) is 38.3 Å². The largest absolute Gasteiger partial charge is 0.460 e. The van der Waals surface area contributed by atoms with E-state index in [9.17, 15) is 4.79 Å². The normalized spacial score (nSPS) is 20.3. The molecule has 1 aliphatic heterocycles. The van der Waals surface area contributed by atoms with Gasteiger partial charge in [-0.25, -0.2) is 0 Å². The molecule has 0 aromatic carbocycles. The molecule has 90 valence electrons. The average molecular weight is 236 g/mol. The molecule has 0 atom stereocenters. The molecule has 1 rings (SSSR count). The lowest BCUT2D eigenvalue weighted by Crippen LogP contribution is -2.43. The van der Waals surface area contributed by atoms with Gasteiger partial charge in [-0.05, 0) is 53.6 Å². The summed E-state index contributed by atoms with van der Waals surface area (Å²) in [5, 5.41) is 3.25. The number of nitrogens with one attached hydrogen (secondary N) is 1. The van der Waals surface area contributed by atoms with E-state index in [1.54, 1.807) is 0 Å². The molecule has 1 aliphatic rings. The maximum Gasteiger partial charge on any atom is 0.312 e. The van der Waals surface area contributed by atoms with Crippen molar-refractivity contribution in [3.8, 4) is 0 Å². The summed E-state index contributed by atoms with van der Waals surface area (Å²) in [5.74, 6) is -0.0495. The number of hydrogen-bond donors (Lipinski definition) is 1. The van der Waals surface area contributed by atoms with E-state index in [0.29, 0.717) is 0 Å². The molecule has 1 N–H and O–H groups in total. The summed E-state index contributed by atoms with van der Waals surface area (Å²) in [5.41, 5.74) is -0.649. The molecule has 0 unspecified atom stereocenters. The first-order chi connectivity index (χ1) is 6.33. The molecule has 1 fully saturated rings. The van der Waals surface area contributed by atoms with Crippen LogP contribution in [0.15, 0.2) is 0 Å². The Morgan fingerprint density at radius 3 is 2.13 bits per heavy atom. The average Bonchev–Trinajstić information content (AvgIpc) is 2.02. The molecule has 1 saturated heterocycles. The van der Waals surface area contributed by atoms with Crippen molar-refractivity contribution in [2.75, 3.05) is 13.1 Å². The molecule has 0 aliphatic carbocycles. The smallest absolute Gasteiger partial charge is 0.312 e. The van der Waals surface area contributed by atoms with Gasteiger partial charge >= 0.3 is 5.97 Å². The first kappa shape index (κ1) is 14.7. The summed E-state index contributed by atoms with van der Waals surface area (Å²) in [6.07, 6.45) is 1.75. The van der Waals surface area contributed by atoms with Crippen molar-refractivity contribution in [3.05, 3.63) is 0 Å². The Labute approximate surface area is 98.4 Å². The van der Waals surface area contributed by atoms with E-state index in [1.807, 2.05) is 27.7 Å². The van der Waals surface area contributed by atoms with Crippen molar-refractivity contribution in [2.24, 2.45) is 5.41 Å². The van der Waals surface area contributed by atoms with Gasteiger partial charge in [-0.3, -0.25) is 4.79 Å². The first-order valence-electron chi connectivity index (χ1n) is 5.28. The summed E-state index contributed by atoms with van der Waals surface area (Å²) < 4.78 is 5.41. The molecule has 15 heavy (non-hydrogen) atoms. The standard InChI is InChI=1S/C11H21NO2.ClH/c1-10(2,3)14-9(13)11(4)5-7-12-8-6-11;/h12H,5-8H2,1-4H3;1H. The fourth-order valence-electron chi connectivity index (χ4n) is 1.58. The second kappa shape index (κ2) is 5.17. The minimum atomic E-state index is -0.370. The van der Waals surface area contributed by atoms with Crippen LogP contribution in [0, 0.1) is 5.41 Å². The van der Waals surface area contributed by atoms with Crippen LogP contribution in [0.2, 0.25) is 0 Å². The Morgan fingerprint density at radius 1 is 1.27 bits per heavy atom. The molecule has 0 aromatic rings. The molecule has 3 nitrogen and oxygen atoms in total. The Bertz CT molecular complexity index is 217. The van der Waals surface area contributed by atoms with E-state index >= 15 is 0 Å². The number of carbonyl (C=O) groups is 1. The third-order valence-electron chi connectivity index (χ3n) is 2.60. The van der Waals surface area contributed by atoms with Crippen LogP contribution >= 0.6 is 12.4 Å². The zero-order chi connectivity index (χ0) is 10.8. The van der Waals surface area contributed by atoms with Gasteiger partial charge in [0.25, 0.3) is 0 Å². The predicted octanol–water partition coefficient (Wildman–Crippen LogP) is 2.14. The summed E-state index contributed by atoms with van der Waals surface area (Å²) in [6.45, 7) is 9.56. The summed E-state index contributed by atoms with van der Waals surface area (Å²) >= 11 is 0. The fraction of sp³-hybridized carbons (Fsp3) is 0.909. The minimum absolute atomic E-state index is 0. The van der Waals surface area contributed by atoms with E-state index in [0.717, 1.165) is 25.9 Å². The third-order valence-corrected chi connectivity index (χ3v) is 2.60. The number of carbonyl (C=O) groups excluding carboxylic acids is 1. The Morgan fingerprint density at radius 2 is 1.73 bits per heavy atom. The van der Waals surface area contributed by atoms with Crippen molar-refractivity contribution in [3.63, 3.8) is 0 Å². The molecule has 0 aromatic heterocycles. The van der Waals surface area contributed by atoms with Gasteiger partial charge in [0.05, 0.1) is 5.41 Å². The van der Waals surface area contributed by atoms with Crippen molar-refractivity contribution < 1.29 is 9.53 Å². The van der Waals surface area contributed by atoms with Gasteiger partial charge in [0, 0.05) is 0 Å². The first-order valence-corrected chi connectivity index (χ1v) is 5.28. The lowest BCUT2D eigenvalue weighted by molar-refractivity contribution is -0.168. The molecule has 0 spiro atoms. The number of esters is 1. The molecule has 0 saturated carbocycles. The highest BCUT2D eigenvalue weighted by molar-refractivity contribution is 5.85. The van der Waals surface area contributed by atoms with Crippen molar-refractivity contribution >= 4 is 18.4 Å². The maximum atomic E-state index is 11.9. The Balaban J connectivity index is 0.00000196. The second-order valence-electron chi connectivity index (χ2n) is 5.31. The monoisotopic (exact) mass is 235 g/mol. The fourth-order valence-corrected chi connectivity index (χ4v) is 1.58. The highest BCUT2D eigenvalue weighted by atomic mass is 35.5. The predicted molar refractivity (Wildman–Crippen MR) is 63.3 cm³/mol. The molecular weight excluding hydrogens is 214 g/mol. The van der Waals surface area contributed by atoms with Crippen LogP contribution in [0.5, 0.6) is 0 Å². The van der Waals surface area contributed by atoms with E-state index < -0.39 is 0 Å². The van der Waals surface area contributed by atoms with Gasteiger partial charge in [0.2, 0.25) is 0 Å². The molecule has 1 heterocycles. The Kier molecular flexibility index (Phi) is 5.07. The minimum Gasteiger partial charge on any atom is -0.460 e. The molecule has 0 radical (unpaired) electrons. The summed E-state index contributed by atoms with van der Waals surface area (Å²) in [6, 6.07) is 0. The number of ether oxygens (including phenoxy) is 1. The quantitative estimate of drug-likeness (QED) is 0.708. The van der Waals surface area contributed by atoms with Crippen LogP contribution in [0.3, 0.4) is 0 Å². The van der Waals surface area contributed by atoms with Crippen LogP contribution in [0.4, 0.5) is 0 Å². The molecule has 4 heteroatoms. The van der Waals surface area contributed by atoms with Gasteiger partial charge in [-0.2, -0.15) is 0 Å². The molecule has 0 amide bonds. The third kappa shape index (κ3) is 4.39. The van der Waals surface area contributed by atoms with Crippen LogP contribution in [-0.2, 0) is 9.53 Å². The highest BCUT2D eigenvalue weighted by Gasteiger charge is 2.37. The van der Waals surface area contributed by atoms with Gasteiger partial charge in [-0.1, -0.05) is 0 Å². The summed E-state index contributed by atoms with van der Waals surface area (Å²) in [4.78, 5) is 11.9. The highest BCUT2D eigenvalue weighted by Crippen LogP contribution is 2.31. The van der Waals surface area contributed by atoms with Gasteiger partial charge < -0.3 is 10.1 Å². The van der Waals surface area contributed by atoms with E-state index in [1.165, 1.54) is 0 Å². The van der Waals surface area contributed by atoms with Crippen LogP contribution in [-0.4, -0.2) is 24.7 Å². The summed E-state index contributed by atoms with van der Waals surface area (Å²) in [7, 11) is 0. The van der Waals surface area contributed by atoms with Crippen LogP contribution in [0.25, 0.3) is 0 Å². The lowest BCUT2D eigenvalue weighted by atomic mass is 9.81. The zero-order valence-corrected chi connectivity index (χ0v) is 10.9. The number of hydrogen-bond acceptors (Lipinski definition) is 3. The van der Waals surface area contributed by atoms with Crippen molar-refractivity contribution in [1.82, 2.24) is 5.32 Å². The van der Waals surface area contributed by atoms with E-state index in [4.69, 9.17) is 4.74 Å². The lowest BCUT2D eigenvalue weighted by Gasteiger charge is -2.34. The van der Waals surface area contributed by atoms with Gasteiger partial charge in [0.1, 0.15) is 5.60 Å². The zero-order valence-electron chi connectivity index (χ0n) is 10.1. The van der Waals surface area contributed by atoms with Crippen molar-refractivity contribution in [1.29, 1.82) is 0 Å². The van der Waals surface area contributed by atoms with E-state index in [2.05, 4.69) is 5.32 Å². The SMILES string of the molecule is CC(C)(C)OC(=O)C1(C)CCNCC1.Cl. The van der Waals surface area contributed by atoms with Crippen LogP contribution in [0.1, 0.15) is 40.5 Å². The van der Waals surface area contributed by atoms with E-state index in [-0.39, 0.29) is 29.4 Å². The number of piperidine rings is 1. The number of halogens is 1. The molecular formula is C11H22ClNO2. The van der Waals surface area contributed by atoms with Crippen molar-refractivity contribution in [2.45, 2.75) is 46.1 Å². The molecule has 0 bridgehead atoms. The van der Waals surface area contributed by atoms with Crippen LogP contribution < -0.4 is 5.32 Å².